The number of thiocarbonyl (C=S) groups is 1. The van der Waals surface area contributed by atoms with Gasteiger partial charge in [-0.2, -0.15) is 0 Å². The van der Waals surface area contributed by atoms with Gasteiger partial charge in [0, 0.05) is 24.7 Å². The van der Waals surface area contributed by atoms with Crippen molar-refractivity contribution in [1.29, 1.82) is 0 Å². The maximum atomic E-state index is 12.6. The molecule has 32 heavy (non-hydrogen) atoms. The van der Waals surface area contributed by atoms with Gasteiger partial charge in [0.15, 0.2) is 0 Å². The zero-order valence-corrected chi connectivity index (χ0v) is 18.7. The third-order valence-corrected chi connectivity index (χ3v) is 6.15. The van der Waals surface area contributed by atoms with E-state index in [4.69, 9.17) is 17.3 Å². The normalized spacial score (nSPS) is 14.8. The molecule has 2 aromatic carbocycles. The fraction of sp³-hybridized carbons (Fsp3) is 0.217. The summed E-state index contributed by atoms with van der Waals surface area (Å²) in [6.45, 7) is 0.503. The number of hydrogen-bond acceptors (Lipinski definition) is 6. The van der Waals surface area contributed by atoms with Gasteiger partial charge in [0.05, 0.1) is 4.91 Å². The summed E-state index contributed by atoms with van der Waals surface area (Å²) in [7, 11) is 0. The summed E-state index contributed by atoms with van der Waals surface area (Å²) in [6.07, 6.45) is 4.19. The molecular formula is C23H22N2O5S2. The highest BCUT2D eigenvalue weighted by Crippen LogP contribution is 2.32. The first-order chi connectivity index (χ1) is 15.3. The van der Waals surface area contributed by atoms with Gasteiger partial charge in [-0.1, -0.05) is 60.7 Å². The average Bonchev–Trinajstić information content (AvgIpc) is 3.01. The predicted octanol–water partition coefficient (Wildman–Crippen LogP) is 4.49. The van der Waals surface area contributed by atoms with Crippen LogP contribution in [0.5, 0.6) is 5.75 Å². The van der Waals surface area contributed by atoms with Crippen LogP contribution in [0, 0.1) is 0 Å². The number of aromatic carboxylic acids is 1. The van der Waals surface area contributed by atoms with E-state index >= 15 is 0 Å². The molecule has 166 valence electrons. The lowest BCUT2D eigenvalue weighted by Crippen LogP contribution is -2.29. The molecule has 0 atom stereocenters. The first-order valence-electron chi connectivity index (χ1n) is 10.0. The molecule has 1 heterocycles. The molecule has 3 rings (SSSR count). The Morgan fingerprint density at radius 3 is 2.53 bits per heavy atom. The molecule has 0 radical (unpaired) electrons. The number of benzene rings is 2. The van der Waals surface area contributed by atoms with E-state index in [2.05, 4.69) is 5.32 Å². The number of carboxylic acid groups (broad SMARTS) is 1. The van der Waals surface area contributed by atoms with E-state index in [1.807, 2.05) is 36.4 Å². The van der Waals surface area contributed by atoms with Crippen LogP contribution in [0.3, 0.4) is 0 Å². The number of hydrogen-bond donors (Lipinski definition) is 3. The van der Waals surface area contributed by atoms with Crippen molar-refractivity contribution in [2.75, 3.05) is 11.9 Å². The maximum Gasteiger partial charge on any atom is 0.339 e. The van der Waals surface area contributed by atoms with Crippen molar-refractivity contribution >= 4 is 57.8 Å². The van der Waals surface area contributed by atoms with Crippen molar-refractivity contribution < 1.29 is 24.6 Å². The van der Waals surface area contributed by atoms with Crippen LogP contribution in [0.25, 0.3) is 6.08 Å². The van der Waals surface area contributed by atoms with Crippen LogP contribution < -0.4 is 5.32 Å². The quantitative estimate of drug-likeness (QED) is 0.282. The molecule has 0 saturated carbocycles. The van der Waals surface area contributed by atoms with Gasteiger partial charge in [-0.05, 0) is 36.6 Å². The molecule has 0 bridgehead atoms. The number of amides is 2. The number of aromatic hydroxyl groups is 1. The Bertz CT molecular complexity index is 1070. The van der Waals surface area contributed by atoms with Crippen LogP contribution in [0.1, 0.15) is 41.6 Å². The van der Waals surface area contributed by atoms with Crippen LogP contribution >= 0.6 is 24.0 Å². The second kappa shape index (κ2) is 10.9. The van der Waals surface area contributed by atoms with Crippen molar-refractivity contribution in [3.8, 4) is 5.75 Å². The lowest BCUT2D eigenvalue weighted by atomic mass is 10.1. The van der Waals surface area contributed by atoms with Gasteiger partial charge in [0.1, 0.15) is 15.6 Å². The van der Waals surface area contributed by atoms with Gasteiger partial charge in [-0.15, -0.1) is 0 Å². The van der Waals surface area contributed by atoms with Crippen molar-refractivity contribution in [2.24, 2.45) is 0 Å². The first-order valence-corrected chi connectivity index (χ1v) is 11.2. The standard InChI is InChI=1S/C23H22N2O5S2/c26-18-14-16(10-11-17(18)22(29)30)24-20(27)9-5-2-6-12-25-21(28)19(32-23(25)31)13-15-7-3-1-4-8-15/h1,3-4,7-8,10-11,13-14,26H,2,5-6,9,12H2,(H,24,27)(H,29,30)/b19-13+. The van der Waals surface area contributed by atoms with Gasteiger partial charge in [0.2, 0.25) is 5.91 Å². The number of unbranched alkanes of at least 4 members (excludes halogenated alkanes) is 2. The second-order valence-electron chi connectivity index (χ2n) is 7.14. The van der Waals surface area contributed by atoms with Gasteiger partial charge < -0.3 is 15.5 Å². The smallest absolute Gasteiger partial charge is 0.339 e. The predicted molar refractivity (Wildman–Crippen MR) is 128 cm³/mol. The van der Waals surface area contributed by atoms with E-state index in [0.717, 1.165) is 12.0 Å². The van der Waals surface area contributed by atoms with Crippen LogP contribution in [0.15, 0.2) is 53.4 Å². The van der Waals surface area contributed by atoms with Crippen molar-refractivity contribution in [3.05, 3.63) is 64.6 Å². The van der Waals surface area contributed by atoms with Crippen molar-refractivity contribution in [2.45, 2.75) is 25.7 Å². The number of nitrogens with zero attached hydrogens (tertiary/aromatic N) is 1. The largest absolute Gasteiger partial charge is 0.507 e. The number of carboxylic acids is 1. The maximum absolute atomic E-state index is 12.6. The van der Waals surface area contributed by atoms with Gasteiger partial charge in [0.25, 0.3) is 5.91 Å². The zero-order valence-electron chi connectivity index (χ0n) is 17.1. The molecule has 0 unspecified atom stereocenters. The minimum absolute atomic E-state index is 0.0915. The molecule has 0 aliphatic carbocycles. The highest BCUT2D eigenvalue weighted by atomic mass is 32.2. The number of carbonyl (C=O) groups is 3. The molecule has 1 aliphatic rings. The summed E-state index contributed by atoms with van der Waals surface area (Å²) < 4.78 is 0.541. The summed E-state index contributed by atoms with van der Waals surface area (Å²) in [5.41, 5.74) is 1.06. The average molecular weight is 471 g/mol. The molecule has 0 aromatic heterocycles. The number of carbonyl (C=O) groups excluding carboxylic acids is 2. The summed E-state index contributed by atoms with van der Waals surface area (Å²) in [4.78, 5) is 37.8. The lowest BCUT2D eigenvalue weighted by molar-refractivity contribution is -0.122. The van der Waals surface area contributed by atoms with Gasteiger partial charge in [-0.25, -0.2) is 4.79 Å². The van der Waals surface area contributed by atoms with Gasteiger partial charge >= 0.3 is 5.97 Å². The van der Waals surface area contributed by atoms with Gasteiger partial charge in [-0.3, -0.25) is 14.5 Å². The molecule has 1 fully saturated rings. The Morgan fingerprint density at radius 2 is 1.84 bits per heavy atom. The molecule has 2 aromatic rings. The number of nitrogens with one attached hydrogen (secondary N) is 1. The van der Waals surface area contributed by atoms with Crippen LogP contribution in [-0.4, -0.2) is 43.8 Å². The minimum atomic E-state index is -1.24. The number of rotatable bonds is 9. The van der Waals surface area contributed by atoms with E-state index < -0.39 is 11.7 Å². The van der Waals surface area contributed by atoms with Crippen LogP contribution in [0.4, 0.5) is 5.69 Å². The highest BCUT2D eigenvalue weighted by Gasteiger charge is 2.31. The highest BCUT2D eigenvalue weighted by molar-refractivity contribution is 8.26. The Morgan fingerprint density at radius 1 is 1.09 bits per heavy atom. The summed E-state index contributed by atoms with van der Waals surface area (Å²) in [5.74, 6) is -1.97. The molecule has 7 nitrogen and oxygen atoms in total. The van der Waals surface area contributed by atoms with E-state index in [1.165, 1.54) is 30.0 Å². The van der Waals surface area contributed by atoms with Crippen molar-refractivity contribution in [3.63, 3.8) is 0 Å². The molecule has 9 heteroatoms. The van der Waals surface area contributed by atoms with Crippen molar-refractivity contribution in [1.82, 2.24) is 4.90 Å². The van der Waals surface area contributed by atoms with Crippen LogP contribution in [-0.2, 0) is 9.59 Å². The molecular weight excluding hydrogens is 448 g/mol. The van der Waals surface area contributed by atoms with E-state index in [1.54, 1.807) is 4.90 Å². The Balaban J connectivity index is 1.41. The number of phenols is 1. The molecule has 3 N–H and O–H groups in total. The van der Waals surface area contributed by atoms with E-state index in [0.29, 0.717) is 34.3 Å². The first kappa shape index (κ1) is 23.5. The monoisotopic (exact) mass is 470 g/mol. The fourth-order valence-corrected chi connectivity index (χ4v) is 4.45. The Labute approximate surface area is 195 Å². The van der Waals surface area contributed by atoms with Crippen LogP contribution in [0.2, 0.25) is 0 Å². The second-order valence-corrected chi connectivity index (χ2v) is 8.82. The molecule has 2 amide bonds. The Kier molecular flexibility index (Phi) is 8.02. The third-order valence-electron chi connectivity index (χ3n) is 4.77. The third kappa shape index (κ3) is 6.18. The lowest BCUT2D eigenvalue weighted by Gasteiger charge is -2.14. The minimum Gasteiger partial charge on any atom is -0.507 e. The summed E-state index contributed by atoms with van der Waals surface area (Å²) in [6, 6.07) is 13.5. The number of anilines is 1. The SMILES string of the molecule is O=C(CCCCCN1C(=O)/C(=C\c2ccccc2)SC1=S)Nc1ccc(C(=O)O)c(O)c1. The molecule has 1 aliphatic heterocycles. The molecule has 1 saturated heterocycles. The summed E-state index contributed by atoms with van der Waals surface area (Å²) in [5, 5.41) is 21.2. The van der Waals surface area contributed by atoms with E-state index in [9.17, 15) is 19.5 Å². The number of thioether (sulfide) groups is 1. The topological polar surface area (TPSA) is 107 Å². The van der Waals surface area contributed by atoms with E-state index in [-0.39, 0.29) is 23.8 Å². The molecule has 0 spiro atoms. The Hall–Kier alpha value is -3.17. The zero-order chi connectivity index (χ0) is 23.1. The summed E-state index contributed by atoms with van der Waals surface area (Å²) >= 11 is 6.64. The fourth-order valence-electron chi connectivity index (χ4n) is 3.14.